The predicted molar refractivity (Wildman–Crippen MR) is 76.8 cm³/mol. The fourth-order valence-electron chi connectivity index (χ4n) is 2.50. The van der Waals surface area contributed by atoms with Crippen molar-refractivity contribution in [1.29, 1.82) is 0 Å². The smallest absolute Gasteiger partial charge is 0.179 e. The molecular weight excluding hydrogens is 262 g/mol. The highest BCUT2D eigenvalue weighted by Crippen LogP contribution is 2.19. The number of carbonyl (C=O) groups is 1. The molecule has 1 heterocycles. The summed E-state index contributed by atoms with van der Waals surface area (Å²) in [6, 6.07) is 7.25. The molecule has 3 atom stereocenters. The molecule has 3 unspecified atom stereocenters. The van der Waals surface area contributed by atoms with E-state index in [1.165, 1.54) is 0 Å². The van der Waals surface area contributed by atoms with E-state index in [0.29, 0.717) is 17.2 Å². The summed E-state index contributed by atoms with van der Waals surface area (Å²) in [5, 5.41) is 0.599. The van der Waals surface area contributed by atoms with Gasteiger partial charge in [-0.15, -0.1) is 0 Å². The lowest BCUT2D eigenvalue weighted by atomic mass is 10.0. The Kier molecular flexibility index (Phi) is 4.61. The molecule has 0 bridgehead atoms. The minimum absolute atomic E-state index is 0.114. The van der Waals surface area contributed by atoms with E-state index < -0.39 is 0 Å². The van der Waals surface area contributed by atoms with E-state index in [9.17, 15) is 4.79 Å². The van der Waals surface area contributed by atoms with Crippen molar-refractivity contribution in [2.45, 2.75) is 39.0 Å². The summed E-state index contributed by atoms with van der Waals surface area (Å²) in [5.74, 6) is 0.114. The Hall–Kier alpha value is -0.900. The largest absolute Gasteiger partial charge is 0.376 e. The number of ether oxygens (including phenoxy) is 1. The van der Waals surface area contributed by atoms with Crippen molar-refractivity contribution >= 4 is 17.4 Å². The maximum absolute atomic E-state index is 12.5. The van der Waals surface area contributed by atoms with Gasteiger partial charge >= 0.3 is 0 Å². The zero-order chi connectivity index (χ0) is 14.0. The molecule has 1 fully saturated rings. The molecule has 104 valence electrons. The van der Waals surface area contributed by atoms with Gasteiger partial charge in [0.15, 0.2) is 5.78 Å². The quantitative estimate of drug-likeness (QED) is 0.798. The Bertz CT molecular complexity index is 463. The normalized spacial score (nSPS) is 26.1. The van der Waals surface area contributed by atoms with E-state index in [1.807, 2.05) is 26.0 Å². The highest BCUT2D eigenvalue weighted by Gasteiger charge is 2.31. The van der Waals surface area contributed by atoms with Crippen LogP contribution in [0.4, 0.5) is 0 Å². The van der Waals surface area contributed by atoms with Crippen molar-refractivity contribution in [2.75, 3.05) is 13.2 Å². The highest BCUT2D eigenvalue weighted by molar-refractivity contribution is 6.31. The summed E-state index contributed by atoms with van der Waals surface area (Å²) in [6.45, 7) is 7.55. The fraction of sp³-hybridized carbons (Fsp3) is 0.533. The minimum atomic E-state index is -0.153. The Balaban J connectivity index is 2.14. The Labute approximate surface area is 119 Å². The van der Waals surface area contributed by atoms with Crippen LogP contribution < -0.4 is 0 Å². The molecule has 0 amide bonds. The fourth-order valence-corrected chi connectivity index (χ4v) is 2.69. The molecule has 1 aliphatic heterocycles. The first kappa shape index (κ1) is 14.5. The third-order valence-corrected chi connectivity index (χ3v) is 3.88. The molecule has 0 spiro atoms. The van der Waals surface area contributed by atoms with Crippen LogP contribution in [-0.4, -0.2) is 42.0 Å². The molecule has 0 saturated carbocycles. The van der Waals surface area contributed by atoms with Gasteiger partial charge < -0.3 is 4.74 Å². The van der Waals surface area contributed by atoms with E-state index in [-0.39, 0.29) is 24.0 Å². The van der Waals surface area contributed by atoms with Crippen LogP contribution in [0, 0.1) is 0 Å². The molecule has 1 aromatic carbocycles. The van der Waals surface area contributed by atoms with Crippen LogP contribution in [-0.2, 0) is 4.74 Å². The number of carbonyl (C=O) groups excluding carboxylic acids is 1. The zero-order valence-electron chi connectivity index (χ0n) is 11.6. The maximum atomic E-state index is 12.5. The van der Waals surface area contributed by atoms with Gasteiger partial charge in [-0.05, 0) is 32.9 Å². The van der Waals surface area contributed by atoms with Crippen LogP contribution in [0.25, 0.3) is 0 Å². The number of halogens is 1. The number of rotatable bonds is 3. The number of benzene rings is 1. The van der Waals surface area contributed by atoms with Crippen LogP contribution in [0.3, 0.4) is 0 Å². The van der Waals surface area contributed by atoms with E-state index in [4.69, 9.17) is 16.3 Å². The summed E-state index contributed by atoms with van der Waals surface area (Å²) in [5.41, 5.74) is 0.673. The summed E-state index contributed by atoms with van der Waals surface area (Å²) in [4.78, 5) is 14.7. The van der Waals surface area contributed by atoms with Gasteiger partial charge in [0.1, 0.15) is 0 Å². The molecule has 0 N–H and O–H groups in total. The number of Topliss-reactive ketones (excluding diaryl/α,β-unsaturated/α-hetero) is 1. The SMILES string of the molecule is CC1CN(C(C)C(=O)c2cccc(Cl)c2)C(C)CO1. The molecular formula is C15H20ClNO2. The Morgan fingerprint density at radius 1 is 1.47 bits per heavy atom. The zero-order valence-corrected chi connectivity index (χ0v) is 12.4. The lowest BCUT2D eigenvalue weighted by Crippen LogP contribution is -2.53. The van der Waals surface area contributed by atoms with Crippen LogP contribution in [0.15, 0.2) is 24.3 Å². The number of hydrogen-bond acceptors (Lipinski definition) is 3. The third-order valence-electron chi connectivity index (χ3n) is 3.64. The van der Waals surface area contributed by atoms with Crippen molar-refractivity contribution in [2.24, 2.45) is 0 Å². The van der Waals surface area contributed by atoms with Gasteiger partial charge in [0, 0.05) is 23.2 Å². The van der Waals surface area contributed by atoms with E-state index >= 15 is 0 Å². The van der Waals surface area contributed by atoms with Gasteiger partial charge in [0.2, 0.25) is 0 Å². The minimum Gasteiger partial charge on any atom is -0.376 e. The topological polar surface area (TPSA) is 29.5 Å². The summed E-state index contributed by atoms with van der Waals surface area (Å²) in [6.07, 6.45) is 0.172. The van der Waals surface area contributed by atoms with Crippen molar-refractivity contribution in [3.63, 3.8) is 0 Å². The monoisotopic (exact) mass is 281 g/mol. The summed E-state index contributed by atoms with van der Waals surface area (Å²) in [7, 11) is 0. The molecule has 19 heavy (non-hydrogen) atoms. The van der Waals surface area contributed by atoms with E-state index in [0.717, 1.165) is 6.54 Å². The number of morpholine rings is 1. The Morgan fingerprint density at radius 2 is 2.21 bits per heavy atom. The molecule has 1 aromatic rings. The van der Waals surface area contributed by atoms with Crippen molar-refractivity contribution in [1.82, 2.24) is 4.90 Å². The standard InChI is InChI=1S/C15H20ClNO2/c1-10-9-19-11(2)8-17(10)12(3)15(18)13-5-4-6-14(16)7-13/h4-7,10-12H,8-9H2,1-3H3. The van der Waals surface area contributed by atoms with Gasteiger partial charge in [-0.3, -0.25) is 9.69 Å². The average Bonchev–Trinajstić information content (AvgIpc) is 2.40. The van der Waals surface area contributed by atoms with Crippen LogP contribution in [0.2, 0.25) is 5.02 Å². The molecule has 0 radical (unpaired) electrons. The Morgan fingerprint density at radius 3 is 2.89 bits per heavy atom. The molecule has 0 aromatic heterocycles. The van der Waals surface area contributed by atoms with Crippen molar-refractivity contribution in [3.8, 4) is 0 Å². The lowest BCUT2D eigenvalue weighted by Gasteiger charge is -2.40. The molecule has 3 nitrogen and oxygen atoms in total. The van der Waals surface area contributed by atoms with Crippen molar-refractivity contribution < 1.29 is 9.53 Å². The third kappa shape index (κ3) is 3.35. The molecule has 4 heteroatoms. The summed E-state index contributed by atoms with van der Waals surface area (Å²) >= 11 is 5.95. The number of nitrogens with zero attached hydrogens (tertiary/aromatic N) is 1. The average molecular weight is 282 g/mol. The molecule has 2 rings (SSSR count). The van der Waals surface area contributed by atoms with Gasteiger partial charge in [-0.2, -0.15) is 0 Å². The molecule has 1 aliphatic rings. The van der Waals surface area contributed by atoms with Crippen LogP contribution >= 0.6 is 11.6 Å². The predicted octanol–water partition coefficient (Wildman–Crippen LogP) is 3.02. The second-order valence-corrected chi connectivity index (χ2v) is 5.68. The first-order valence-corrected chi connectivity index (χ1v) is 7.04. The highest BCUT2D eigenvalue weighted by atomic mass is 35.5. The number of hydrogen-bond donors (Lipinski definition) is 0. The van der Waals surface area contributed by atoms with E-state index in [2.05, 4.69) is 11.8 Å². The van der Waals surface area contributed by atoms with Gasteiger partial charge in [0.25, 0.3) is 0 Å². The van der Waals surface area contributed by atoms with Crippen LogP contribution in [0.1, 0.15) is 31.1 Å². The first-order chi connectivity index (χ1) is 8.99. The second kappa shape index (κ2) is 6.04. The van der Waals surface area contributed by atoms with Crippen LogP contribution in [0.5, 0.6) is 0 Å². The van der Waals surface area contributed by atoms with Gasteiger partial charge in [0.05, 0.1) is 18.8 Å². The van der Waals surface area contributed by atoms with Gasteiger partial charge in [-0.25, -0.2) is 0 Å². The molecule has 1 saturated heterocycles. The lowest BCUT2D eigenvalue weighted by molar-refractivity contribution is -0.0585. The van der Waals surface area contributed by atoms with Gasteiger partial charge in [-0.1, -0.05) is 23.7 Å². The maximum Gasteiger partial charge on any atom is 0.179 e. The first-order valence-electron chi connectivity index (χ1n) is 6.66. The van der Waals surface area contributed by atoms with E-state index in [1.54, 1.807) is 12.1 Å². The molecule has 0 aliphatic carbocycles. The second-order valence-electron chi connectivity index (χ2n) is 5.24. The van der Waals surface area contributed by atoms with Crippen molar-refractivity contribution in [3.05, 3.63) is 34.9 Å². The summed E-state index contributed by atoms with van der Waals surface area (Å²) < 4.78 is 5.60. The number of ketones is 1.